The Kier molecular flexibility index (Phi) is 10.3. The molecule has 3 rings (SSSR count). The van der Waals surface area contributed by atoms with Crippen LogP contribution in [0.1, 0.15) is 36.8 Å². The summed E-state index contributed by atoms with van der Waals surface area (Å²) in [6.45, 7) is 5.42. The molecule has 26 heavy (non-hydrogen) atoms. The number of nitrogens with one attached hydrogen (secondary N) is 1. The van der Waals surface area contributed by atoms with Gasteiger partial charge in [-0.2, -0.15) is 11.8 Å². The molecule has 1 aromatic rings. The Balaban J connectivity index is 0.00000169. The van der Waals surface area contributed by atoms with Gasteiger partial charge in [-0.15, -0.1) is 24.8 Å². The number of anilines is 1. The Morgan fingerprint density at radius 2 is 2.00 bits per heavy atom. The molecule has 1 amide bonds. The first-order valence-corrected chi connectivity index (χ1v) is 10.2. The fourth-order valence-electron chi connectivity index (χ4n) is 3.74. The second-order valence-electron chi connectivity index (χ2n) is 7.14. The summed E-state index contributed by atoms with van der Waals surface area (Å²) in [6, 6.07) is 6.60. The molecule has 2 atom stereocenters. The average Bonchev–Trinajstić information content (AvgIpc) is 2.96. The molecule has 1 aliphatic heterocycles. The van der Waals surface area contributed by atoms with Crippen LogP contribution < -0.4 is 11.1 Å². The van der Waals surface area contributed by atoms with Crippen molar-refractivity contribution < 1.29 is 4.79 Å². The van der Waals surface area contributed by atoms with Crippen LogP contribution in [0.4, 0.5) is 5.69 Å². The summed E-state index contributed by atoms with van der Waals surface area (Å²) in [5.41, 5.74) is 9.48. The molecular formula is C19H31Cl2N3OS. The molecule has 0 bridgehead atoms. The number of nitrogens with two attached hydrogens (primary N) is 1. The minimum absolute atomic E-state index is 0. The molecule has 0 unspecified atom stereocenters. The van der Waals surface area contributed by atoms with Gasteiger partial charge in [0.25, 0.3) is 0 Å². The third kappa shape index (κ3) is 6.61. The van der Waals surface area contributed by atoms with E-state index in [1.807, 2.05) is 11.8 Å². The average molecular weight is 420 g/mol. The van der Waals surface area contributed by atoms with Crippen molar-refractivity contribution in [1.82, 2.24) is 4.90 Å². The molecule has 2 aliphatic rings. The maximum atomic E-state index is 12.3. The first-order chi connectivity index (χ1) is 11.6. The van der Waals surface area contributed by atoms with Crippen LogP contribution in [0.2, 0.25) is 0 Å². The van der Waals surface area contributed by atoms with Crippen molar-refractivity contribution in [3.63, 3.8) is 0 Å². The monoisotopic (exact) mass is 419 g/mol. The third-order valence-corrected chi connectivity index (χ3v) is 6.18. The molecule has 148 valence electrons. The van der Waals surface area contributed by atoms with Gasteiger partial charge >= 0.3 is 0 Å². The van der Waals surface area contributed by atoms with E-state index in [-0.39, 0.29) is 36.8 Å². The summed E-state index contributed by atoms with van der Waals surface area (Å²) in [4.78, 5) is 14.8. The van der Waals surface area contributed by atoms with E-state index in [4.69, 9.17) is 5.73 Å². The molecule has 0 radical (unpaired) electrons. The quantitative estimate of drug-likeness (QED) is 0.760. The summed E-state index contributed by atoms with van der Waals surface area (Å²) < 4.78 is 0. The van der Waals surface area contributed by atoms with Crippen LogP contribution in [0.3, 0.4) is 0 Å². The number of halogens is 2. The van der Waals surface area contributed by atoms with Gasteiger partial charge in [0.2, 0.25) is 5.91 Å². The molecule has 4 nitrogen and oxygen atoms in total. The summed E-state index contributed by atoms with van der Waals surface area (Å²) in [6.07, 6.45) is 3.84. The van der Waals surface area contributed by atoms with Gasteiger partial charge < -0.3 is 11.1 Å². The van der Waals surface area contributed by atoms with E-state index in [1.165, 1.54) is 30.2 Å². The van der Waals surface area contributed by atoms with E-state index in [1.54, 1.807) is 0 Å². The molecule has 0 aromatic heterocycles. The lowest BCUT2D eigenvalue weighted by Crippen LogP contribution is -2.32. The van der Waals surface area contributed by atoms with Crippen molar-refractivity contribution in [2.75, 3.05) is 29.9 Å². The number of thioether (sulfide) groups is 1. The van der Waals surface area contributed by atoms with Crippen molar-refractivity contribution in [3.8, 4) is 0 Å². The van der Waals surface area contributed by atoms with Crippen LogP contribution in [-0.4, -0.2) is 41.4 Å². The number of nitrogens with zero attached hydrogens (tertiary/aromatic N) is 1. The first-order valence-electron chi connectivity index (χ1n) is 9.07. The fraction of sp³-hybridized carbons (Fsp3) is 0.632. The van der Waals surface area contributed by atoms with E-state index in [2.05, 4.69) is 35.3 Å². The van der Waals surface area contributed by atoms with Crippen molar-refractivity contribution in [1.29, 1.82) is 0 Å². The molecule has 1 aromatic carbocycles. The van der Waals surface area contributed by atoms with Gasteiger partial charge in [0.15, 0.2) is 0 Å². The lowest BCUT2D eigenvalue weighted by molar-refractivity contribution is -0.117. The van der Waals surface area contributed by atoms with Gasteiger partial charge in [-0.3, -0.25) is 9.69 Å². The molecule has 1 saturated carbocycles. The summed E-state index contributed by atoms with van der Waals surface area (Å²) in [5, 5.41) is 3.08. The largest absolute Gasteiger partial charge is 0.327 e. The first kappa shape index (κ1) is 23.6. The van der Waals surface area contributed by atoms with Crippen LogP contribution in [-0.2, 0) is 11.3 Å². The molecule has 1 aliphatic carbocycles. The van der Waals surface area contributed by atoms with Gasteiger partial charge in [0.05, 0.1) is 0 Å². The standard InChI is InChI=1S/C19H29N3OS.2ClH/c1-14-11-15(13-22-7-9-24-10-8-22)5-6-18(14)21-19(23)12-16-3-2-4-17(16)20;;/h5-6,11,16-17H,2-4,7-10,12-13,20H2,1H3,(H,21,23);2*1H/t16-,17+;;/m0../s1. The predicted molar refractivity (Wildman–Crippen MR) is 117 cm³/mol. The maximum Gasteiger partial charge on any atom is 0.224 e. The second-order valence-corrected chi connectivity index (χ2v) is 8.37. The molecule has 2 fully saturated rings. The van der Waals surface area contributed by atoms with E-state index >= 15 is 0 Å². The Hall–Kier alpha value is -0.460. The lowest BCUT2D eigenvalue weighted by atomic mass is 9.99. The molecule has 3 N–H and O–H groups in total. The minimum atomic E-state index is 0. The van der Waals surface area contributed by atoms with Crippen LogP contribution in [0, 0.1) is 12.8 Å². The number of benzene rings is 1. The van der Waals surface area contributed by atoms with Crippen LogP contribution >= 0.6 is 36.6 Å². The number of rotatable bonds is 5. The molecule has 1 saturated heterocycles. The third-order valence-electron chi connectivity index (χ3n) is 5.24. The van der Waals surface area contributed by atoms with E-state index in [9.17, 15) is 4.79 Å². The van der Waals surface area contributed by atoms with Gasteiger partial charge in [0.1, 0.15) is 0 Å². The number of carbonyl (C=O) groups excluding carboxylic acids is 1. The fourth-order valence-corrected chi connectivity index (χ4v) is 4.72. The van der Waals surface area contributed by atoms with Gasteiger partial charge in [-0.1, -0.05) is 18.6 Å². The molecular weight excluding hydrogens is 389 g/mol. The molecule has 1 heterocycles. The Bertz CT molecular complexity index is 582. The van der Waals surface area contributed by atoms with E-state index in [0.717, 1.165) is 37.1 Å². The van der Waals surface area contributed by atoms with Crippen LogP contribution in [0.5, 0.6) is 0 Å². The smallest absolute Gasteiger partial charge is 0.224 e. The predicted octanol–water partition coefficient (Wildman–Crippen LogP) is 3.84. The zero-order valence-corrected chi connectivity index (χ0v) is 17.9. The second kappa shape index (κ2) is 11.4. The highest BCUT2D eigenvalue weighted by atomic mass is 35.5. The number of carbonyl (C=O) groups is 1. The number of hydrogen-bond acceptors (Lipinski definition) is 4. The highest BCUT2D eigenvalue weighted by Gasteiger charge is 2.26. The summed E-state index contributed by atoms with van der Waals surface area (Å²) in [7, 11) is 0. The minimum Gasteiger partial charge on any atom is -0.327 e. The van der Waals surface area contributed by atoms with Crippen molar-refractivity contribution in [3.05, 3.63) is 29.3 Å². The Labute approximate surface area is 173 Å². The van der Waals surface area contributed by atoms with Crippen molar-refractivity contribution >= 4 is 48.2 Å². The van der Waals surface area contributed by atoms with Crippen molar-refractivity contribution in [2.24, 2.45) is 11.7 Å². The number of amides is 1. The van der Waals surface area contributed by atoms with Crippen LogP contribution in [0.25, 0.3) is 0 Å². The van der Waals surface area contributed by atoms with E-state index < -0.39 is 0 Å². The van der Waals surface area contributed by atoms with Crippen molar-refractivity contribution in [2.45, 2.75) is 45.2 Å². The normalized spacial score (nSPS) is 23.0. The lowest BCUT2D eigenvalue weighted by Gasteiger charge is -2.26. The van der Waals surface area contributed by atoms with Gasteiger partial charge in [0, 0.05) is 49.3 Å². The summed E-state index contributed by atoms with van der Waals surface area (Å²) >= 11 is 2.04. The zero-order chi connectivity index (χ0) is 16.9. The van der Waals surface area contributed by atoms with Crippen LogP contribution in [0.15, 0.2) is 18.2 Å². The number of hydrogen-bond donors (Lipinski definition) is 2. The molecule has 0 spiro atoms. The number of aryl methyl sites for hydroxylation is 1. The highest BCUT2D eigenvalue weighted by Crippen LogP contribution is 2.27. The maximum absolute atomic E-state index is 12.3. The van der Waals surface area contributed by atoms with E-state index in [0.29, 0.717) is 12.3 Å². The van der Waals surface area contributed by atoms with Gasteiger partial charge in [-0.25, -0.2) is 0 Å². The Morgan fingerprint density at radius 3 is 2.62 bits per heavy atom. The Morgan fingerprint density at radius 1 is 1.27 bits per heavy atom. The highest BCUT2D eigenvalue weighted by molar-refractivity contribution is 7.99. The topological polar surface area (TPSA) is 58.4 Å². The molecule has 7 heteroatoms. The summed E-state index contributed by atoms with van der Waals surface area (Å²) in [5.74, 6) is 2.91. The van der Waals surface area contributed by atoms with Gasteiger partial charge in [-0.05, 0) is 42.9 Å². The zero-order valence-electron chi connectivity index (χ0n) is 15.4. The SMILES string of the molecule is Cc1cc(CN2CCSCC2)ccc1NC(=O)C[C@@H]1CCC[C@H]1N.Cl.Cl.